The molecule has 0 saturated carbocycles. The Morgan fingerprint density at radius 1 is 1.58 bits per heavy atom. The molecular weight excluding hydrogens is 178 g/mol. The van der Waals surface area contributed by atoms with Crippen molar-refractivity contribution in [1.29, 1.82) is 0 Å². The van der Waals surface area contributed by atoms with Gasteiger partial charge in [-0.1, -0.05) is 17.7 Å². The van der Waals surface area contributed by atoms with Crippen molar-refractivity contribution in [3.63, 3.8) is 0 Å². The van der Waals surface area contributed by atoms with Crippen LogP contribution < -0.4 is 0 Å². The van der Waals surface area contributed by atoms with E-state index in [1.807, 2.05) is 6.07 Å². The van der Waals surface area contributed by atoms with Gasteiger partial charge in [0.25, 0.3) is 6.47 Å². The van der Waals surface area contributed by atoms with Gasteiger partial charge in [-0.3, -0.25) is 4.79 Å². The van der Waals surface area contributed by atoms with Crippen molar-refractivity contribution in [1.82, 2.24) is 4.98 Å². The molecule has 12 heavy (non-hydrogen) atoms. The molecular formula is C8H8ClNO2. The van der Waals surface area contributed by atoms with Crippen LogP contribution in [0.3, 0.4) is 0 Å². The summed E-state index contributed by atoms with van der Waals surface area (Å²) in [5.74, 6) is 0. The Morgan fingerprint density at radius 3 is 3.00 bits per heavy atom. The third-order valence-electron chi connectivity index (χ3n) is 1.37. The zero-order valence-electron chi connectivity index (χ0n) is 6.37. The minimum absolute atomic E-state index is 0.382. The highest BCUT2D eigenvalue weighted by Gasteiger charge is 1.93. The van der Waals surface area contributed by atoms with Crippen LogP contribution in [0.2, 0.25) is 5.15 Å². The number of carbonyl (C=O) groups excluding carboxylic acids is 1. The molecule has 0 atom stereocenters. The Morgan fingerprint density at radius 2 is 2.42 bits per heavy atom. The summed E-state index contributed by atoms with van der Waals surface area (Å²) in [4.78, 5) is 13.7. The van der Waals surface area contributed by atoms with E-state index in [0.29, 0.717) is 24.7 Å². The van der Waals surface area contributed by atoms with Gasteiger partial charge in [-0.05, 0) is 11.6 Å². The minimum Gasteiger partial charge on any atom is -0.468 e. The molecule has 0 N–H and O–H groups in total. The van der Waals surface area contributed by atoms with Crippen molar-refractivity contribution in [2.24, 2.45) is 0 Å². The van der Waals surface area contributed by atoms with Crippen LogP contribution in [0, 0.1) is 0 Å². The largest absolute Gasteiger partial charge is 0.468 e. The first-order chi connectivity index (χ1) is 5.83. The number of rotatable bonds is 4. The molecule has 0 radical (unpaired) electrons. The monoisotopic (exact) mass is 185 g/mol. The number of ether oxygens (including phenoxy) is 1. The Balaban J connectivity index is 2.42. The third kappa shape index (κ3) is 2.88. The van der Waals surface area contributed by atoms with E-state index in [4.69, 9.17) is 11.6 Å². The van der Waals surface area contributed by atoms with Crippen LogP contribution in [-0.2, 0) is 16.0 Å². The van der Waals surface area contributed by atoms with Gasteiger partial charge in [-0.2, -0.15) is 0 Å². The summed E-state index contributed by atoms with van der Waals surface area (Å²) in [6.45, 7) is 0.816. The molecule has 64 valence electrons. The molecule has 4 heteroatoms. The van der Waals surface area contributed by atoms with Gasteiger partial charge in [0.05, 0.1) is 6.61 Å². The van der Waals surface area contributed by atoms with E-state index < -0.39 is 0 Å². The molecule has 1 aromatic heterocycles. The minimum atomic E-state index is 0.382. The predicted octanol–water partition coefficient (Wildman–Crippen LogP) is 1.45. The van der Waals surface area contributed by atoms with Crippen LogP contribution >= 0.6 is 11.6 Å². The van der Waals surface area contributed by atoms with Crippen LogP contribution in [0.15, 0.2) is 18.3 Å². The number of halogens is 1. The Hall–Kier alpha value is -1.09. The molecule has 1 aromatic rings. The lowest BCUT2D eigenvalue weighted by Crippen LogP contribution is -1.96. The van der Waals surface area contributed by atoms with Gasteiger partial charge >= 0.3 is 0 Å². The molecule has 0 aliphatic heterocycles. The molecule has 1 heterocycles. The molecule has 0 aliphatic carbocycles. The fourth-order valence-electron chi connectivity index (χ4n) is 0.779. The van der Waals surface area contributed by atoms with Gasteiger partial charge in [-0.15, -0.1) is 0 Å². The second-order valence-electron chi connectivity index (χ2n) is 2.21. The zero-order valence-corrected chi connectivity index (χ0v) is 7.12. The van der Waals surface area contributed by atoms with Crippen molar-refractivity contribution in [3.8, 4) is 0 Å². The lowest BCUT2D eigenvalue weighted by Gasteiger charge is -1.98. The summed E-state index contributed by atoms with van der Waals surface area (Å²) < 4.78 is 4.53. The summed E-state index contributed by atoms with van der Waals surface area (Å²) in [5.41, 5.74) is 1.00. The lowest BCUT2D eigenvalue weighted by atomic mass is 10.2. The highest BCUT2D eigenvalue weighted by Crippen LogP contribution is 2.05. The molecule has 0 unspecified atom stereocenters. The average Bonchev–Trinajstić information content (AvgIpc) is 2.09. The molecule has 1 rings (SSSR count). The first kappa shape index (κ1) is 9.00. The Bertz CT molecular complexity index is 248. The van der Waals surface area contributed by atoms with Crippen LogP contribution in [0.1, 0.15) is 5.56 Å². The summed E-state index contributed by atoms with van der Waals surface area (Å²) in [6.07, 6.45) is 2.33. The maximum atomic E-state index is 9.79. The van der Waals surface area contributed by atoms with Crippen LogP contribution in [0.25, 0.3) is 0 Å². The highest BCUT2D eigenvalue weighted by atomic mass is 35.5. The van der Waals surface area contributed by atoms with E-state index in [0.717, 1.165) is 5.56 Å². The van der Waals surface area contributed by atoms with Gasteiger partial charge in [0.2, 0.25) is 0 Å². The second kappa shape index (κ2) is 4.72. The van der Waals surface area contributed by atoms with E-state index in [1.165, 1.54) is 0 Å². The van der Waals surface area contributed by atoms with Gasteiger partial charge in [-0.25, -0.2) is 4.98 Å². The van der Waals surface area contributed by atoms with Crippen LogP contribution in [0.5, 0.6) is 0 Å². The van der Waals surface area contributed by atoms with Gasteiger partial charge in [0, 0.05) is 12.6 Å². The molecule has 0 aromatic carbocycles. The van der Waals surface area contributed by atoms with E-state index >= 15 is 0 Å². The number of carbonyl (C=O) groups is 1. The van der Waals surface area contributed by atoms with E-state index in [9.17, 15) is 4.79 Å². The Kier molecular flexibility index (Phi) is 3.54. The summed E-state index contributed by atoms with van der Waals surface area (Å²) >= 11 is 5.57. The van der Waals surface area contributed by atoms with Gasteiger partial charge in [0.15, 0.2) is 0 Å². The number of aromatic nitrogens is 1. The topological polar surface area (TPSA) is 39.2 Å². The van der Waals surface area contributed by atoms with Crippen molar-refractivity contribution < 1.29 is 9.53 Å². The third-order valence-corrected chi connectivity index (χ3v) is 1.59. The molecule has 0 fully saturated rings. The van der Waals surface area contributed by atoms with Crippen molar-refractivity contribution in [3.05, 3.63) is 29.0 Å². The van der Waals surface area contributed by atoms with Gasteiger partial charge in [0.1, 0.15) is 5.15 Å². The first-order valence-electron chi connectivity index (χ1n) is 3.48. The molecule has 0 aliphatic rings. The maximum absolute atomic E-state index is 9.79. The summed E-state index contributed by atoms with van der Waals surface area (Å²) in [7, 11) is 0. The quantitative estimate of drug-likeness (QED) is 0.405. The number of nitrogens with zero attached hydrogens (tertiary/aromatic N) is 1. The zero-order chi connectivity index (χ0) is 8.81. The first-order valence-corrected chi connectivity index (χ1v) is 3.86. The summed E-state index contributed by atoms with van der Waals surface area (Å²) in [6, 6.07) is 3.56. The predicted molar refractivity (Wildman–Crippen MR) is 45.0 cm³/mol. The lowest BCUT2D eigenvalue weighted by molar-refractivity contribution is -0.128. The number of hydrogen-bond donors (Lipinski definition) is 0. The standard InChI is InChI=1S/C8H8ClNO2/c9-8-2-1-7(5-10-8)3-4-12-6-11/h1-2,5-6H,3-4H2. The normalized spacial score (nSPS) is 9.42. The molecule has 0 saturated heterocycles. The Labute approximate surface area is 75.3 Å². The van der Waals surface area contributed by atoms with Gasteiger partial charge < -0.3 is 4.74 Å². The van der Waals surface area contributed by atoms with E-state index in [2.05, 4.69) is 9.72 Å². The number of hydrogen-bond acceptors (Lipinski definition) is 3. The van der Waals surface area contributed by atoms with E-state index in [-0.39, 0.29) is 0 Å². The van der Waals surface area contributed by atoms with E-state index in [1.54, 1.807) is 12.3 Å². The van der Waals surface area contributed by atoms with Crippen LogP contribution in [-0.4, -0.2) is 18.1 Å². The molecule has 0 spiro atoms. The smallest absolute Gasteiger partial charge is 0.293 e. The molecule has 0 amide bonds. The fraction of sp³-hybridized carbons (Fsp3) is 0.250. The molecule has 3 nitrogen and oxygen atoms in total. The van der Waals surface area contributed by atoms with Crippen LogP contribution in [0.4, 0.5) is 0 Å². The summed E-state index contributed by atoms with van der Waals surface area (Å²) in [5, 5.41) is 0.468. The fourth-order valence-corrected chi connectivity index (χ4v) is 0.891. The van der Waals surface area contributed by atoms with Crippen molar-refractivity contribution >= 4 is 18.1 Å². The number of pyridine rings is 1. The van der Waals surface area contributed by atoms with Crippen molar-refractivity contribution in [2.75, 3.05) is 6.61 Å². The maximum Gasteiger partial charge on any atom is 0.293 e. The second-order valence-corrected chi connectivity index (χ2v) is 2.59. The van der Waals surface area contributed by atoms with Crippen molar-refractivity contribution in [2.45, 2.75) is 6.42 Å². The highest BCUT2D eigenvalue weighted by molar-refractivity contribution is 6.29. The SMILES string of the molecule is O=COCCc1ccc(Cl)nc1. The average molecular weight is 186 g/mol. The molecule has 0 bridgehead atoms.